The Kier molecular flexibility index (Phi) is 10.5. The topological polar surface area (TPSA) is 156 Å². The number of nitrogens with one attached hydrogen (secondary N) is 4. The van der Waals surface area contributed by atoms with Crippen LogP contribution in [0.25, 0.3) is 10.9 Å². The second-order valence-electron chi connectivity index (χ2n) is 9.22. The fourth-order valence-corrected chi connectivity index (χ4v) is 5.38. The third-order valence-corrected chi connectivity index (χ3v) is 8.11. The first-order valence-corrected chi connectivity index (χ1v) is 14.4. The second-order valence-corrected chi connectivity index (χ2v) is 11.2. The lowest BCUT2D eigenvalue weighted by Crippen LogP contribution is -2.52. The monoisotopic (exact) mass is 566 g/mol. The normalized spacial score (nSPS) is 17.5. The second kappa shape index (κ2) is 13.6. The zero-order chi connectivity index (χ0) is 28.6. The molecule has 2 heterocycles. The Bertz CT molecular complexity index is 1350. The molecule has 39 heavy (non-hydrogen) atoms. The molecule has 0 spiro atoms. The van der Waals surface area contributed by atoms with Gasteiger partial charge in [-0.05, 0) is 64.1 Å². The Labute approximate surface area is 226 Å². The van der Waals surface area contributed by atoms with Crippen LogP contribution >= 0.6 is 0 Å². The highest BCUT2D eigenvalue weighted by Gasteiger charge is 2.38. The van der Waals surface area contributed by atoms with E-state index in [9.17, 15) is 27.2 Å². The summed E-state index contributed by atoms with van der Waals surface area (Å²) in [6.45, 7) is 6.54. The van der Waals surface area contributed by atoms with Crippen molar-refractivity contribution in [1.82, 2.24) is 20.3 Å². The van der Waals surface area contributed by atoms with E-state index in [0.717, 1.165) is 19.4 Å². The minimum absolute atomic E-state index is 0.0850. The van der Waals surface area contributed by atoms with Gasteiger partial charge < -0.3 is 25.1 Å². The average Bonchev–Trinajstić information content (AvgIpc) is 3.63. The van der Waals surface area contributed by atoms with Crippen molar-refractivity contribution in [2.75, 3.05) is 20.3 Å². The highest BCUT2D eigenvalue weighted by molar-refractivity contribution is 7.90. The molecule has 2 amide bonds. The zero-order valence-corrected chi connectivity index (χ0v) is 22.9. The van der Waals surface area contributed by atoms with Gasteiger partial charge in [-0.1, -0.05) is 6.08 Å². The summed E-state index contributed by atoms with van der Waals surface area (Å²) >= 11 is 0. The number of hydrogen-bond donors (Lipinski definition) is 4. The van der Waals surface area contributed by atoms with E-state index in [4.69, 9.17) is 9.47 Å². The number of amides is 2. The molecule has 2 fully saturated rings. The molecule has 1 aromatic carbocycles. The molecule has 13 heteroatoms. The van der Waals surface area contributed by atoms with Crippen LogP contribution in [0.3, 0.4) is 0 Å². The van der Waals surface area contributed by atoms with E-state index in [1.807, 2.05) is 0 Å². The summed E-state index contributed by atoms with van der Waals surface area (Å²) in [6.07, 6.45) is 5.28. The first-order valence-electron chi connectivity index (χ1n) is 12.8. The highest BCUT2D eigenvalue weighted by Crippen LogP contribution is 2.27. The van der Waals surface area contributed by atoms with Gasteiger partial charge in [0.25, 0.3) is 5.91 Å². The van der Waals surface area contributed by atoms with Gasteiger partial charge in [0.2, 0.25) is 15.9 Å². The number of ether oxygens (including phenoxy) is 2. The van der Waals surface area contributed by atoms with E-state index in [2.05, 4.69) is 26.9 Å². The SMILES string of the molecule is C=CCCC(NC(=O)C1CCCN1)C(=O)NS(=O)(=O)C1CC1.CCOc1cc(=O)c2ccc(OC)c(F)c2[nH]1. The first kappa shape index (κ1) is 30.1. The van der Waals surface area contributed by atoms with Crippen molar-refractivity contribution in [3.63, 3.8) is 0 Å². The van der Waals surface area contributed by atoms with E-state index in [1.54, 1.807) is 13.0 Å². The molecule has 0 bridgehead atoms. The maximum Gasteiger partial charge on any atom is 0.256 e. The van der Waals surface area contributed by atoms with Gasteiger partial charge in [0.15, 0.2) is 22.9 Å². The largest absolute Gasteiger partial charge is 0.494 e. The van der Waals surface area contributed by atoms with Gasteiger partial charge in [-0.25, -0.2) is 12.8 Å². The number of fused-ring (bicyclic) bond motifs is 1. The van der Waals surface area contributed by atoms with Gasteiger partial charge in [0, 0.05) is 11.5 Å². The number of H-pyrrole nitrogens is 1. The van der Waals surface area contributed by atoms with Crippen LogP contribution in [0, 0.1) is 5.82 Å². The fraction of sp³-hybridized carbons (Fsp3) is 0.500. The Morgan fingerprint density at radius 1 is 1.28 bits per heavy atom. The maximum absolute atomic E-state index is 13.9. The number of benzene rings is 1. The van der Waals surface area contributed by atoms with Gasteiger partial charge in [0.1, 0.15) is 6.04 Å². The number of hydrogen-bond acceptors (Lipinski definition) is 8. The van der Waals surface area contributed by atoms with Crippen molar-refractivity contribution >= 4 is 32.7 Å². The lowest BCUT2D eigenvalue weighted by Gasteiger charge is -2.20. The number of rotatable bonds is 11. The molecule has 2 unspecified atom stereocenters. The lowest BCUT2D eigenvalue weighted by molar-refractivity contribution is -0.129. The van der Waals surface area contributed by atoms with E-state index in [1.165, 1.54) is 25.3 Å². The van der Waals surface area contributed by atoms with Crippen molar-refractivity contribution in [3.8, 4) is 11.6 Å². The third-order valence-electron chi connectivity index (χ3n) is 6.28. The minimum atomic E-state index is -3.60. The number of aromatic amines is 1. The van der Waals surface area contributed by atoms with Crippen LogP contribution in [-0.2, 0) is 19.6 Å². The molecular formula is C26H35FN4O7S. The molecule has 4 rings (SSSR count). The summed E-state index contributed by atoms with van der Waals surface area (Å²) < 4.78 is 49.7. The number of halogens is 1. The molecule has 214 valence electrons. The van der Waals surface area contributed by atoms with Crippen LogP contribution in [0.5, 0.6) is 11.6 Å². The summed E-state index contributed by atoms with van der Waals surface area (Å²) in [6, 6.07) is 3.08. The molecule has 11 nitrogen and oxygen atoms in total. The molecule has 1 saturated heterocycles. The number of carbonyl (C=O) groups excluding carboxylic acids is 2. The molecule has 2 aliphatic rings. The first-order chi connectivity index (χ1) is 18.6. The number of carbonyl (C=O) groups is 2. The predicted octanol–water partition coefficient (Wildman–Crippen LogP) is 1.87. The van der Waals surface area contributed by atoms with Crippen molar-refractivity contribution in [2.45, 2.75) is 62.8 Å². The van der Waals surface area contributed by atoms with Crippen LogP contribution in [0.1, 0.15) is 45.4 Å². The van der Waals surface area contributed by atoms with E-state index < -0.39 is 33.0 Å². The quantitative estimate of drug-likeness (QED) is 0.301. The van der Waals surface area contributed by atoms with Gasteiger partial charge in [-0.3, -0.25) is 19.1 Å². The third kappa shape index (κ3) is 8.02. The standard InChI is InChI=1S/C14H23N3O4S.C12H12FNO3/c1-2-3-5-12(16-13(18)11-6-4-9-15-11)14(19)17-22(20,21)10-7-8-10;1-3-17-10-6-8(15)7-4-5-9(16-2)11(13)12(7)14-10/h2,10-12,15H,1,3-9H2,(H,16,18)(H,17,19);4-6H,3H2,1-2H3,(H,14,15). The van der Waals surface area contributed by atoms with E-state index >= 15 is 0 Å². The number of pyridine rings is 1. The van der Waals surface area contributed by atoms with Crippen LogP contribution in [-0.4, -0.2) is 62.8 Å². The van der Waals surface area contributed by atoms with Crippen molar-refractivity contribution in [3.05, 3.63) is 46.9 Å². The summed E-state index contributed by atoms with van der Waals surface area (Å²) in [5.41, 5.74) is -0.191. The zero-order valence-electron chi connectivity index (χ0n) is 22.0. The Morgan fingerprint density at radius 2 is 2.03 bits per heavy atom. The summed E-state index contributed by atoms with van der Waals surface area (Å²) in [5, 5.41) is 5.50. The fourth-order valence-electron chi connectivity index (χ4n) is 4.04. The van der Waals surface area contributed by atoms with Crippen LogP contribution < -0.4 is 30.3 Å². The summed E-state index contributed by atoms with van der Waals surface area (Å²) in [7, 11) is -2.23. The Morgan fingerprint density at radius 3 is 2.62 bits per heavy atom. The number of aromatic nitrogens is 1. The molecule has 1 aromatic heterocycles. The maximum atomic E-state index is 13.9. The van der Waals surface area contributed by atoms with Crippen LogP contribution in [0.2, 0.25) is 0 Å². The average molecular weight is 567 g/mol. The number of sulfonamides is 1. The number of allylic oxidation sites excluding steroid dienone is 1. The molecule has 0 radical (unpaired) electrons. The molecule has 4 N–H and O–H groups in total. The summed E-state index contributed by atoms with van der Waals surface area (Å²) in [5.74, 6) is -1.19. The van der Waals surface area contributed by atoms with Gasteiger partial charge in [0.05, 0.1) is 30.5 Å². The Hall–Kier alpha value is -3.45. The molecule has 2 atom stereocenters. The van der Waals surface area contributed by atoms with Crippen molar-refractivity contribution < 1.29 is 31.9 Å². The Balaban J connectivity index is 0.000000223. The molecular weight excluding hydrogens is 531 g/mol. The highest BCUT2D eigenvalue weighted by atomic mass is 32.2. The lowest BCUT2D eigenvalue weighted by atomic mass is 10.1. The van der Waals surface area contributed by atoms with Crippen molar-refractivity contribution in [2.24, 2.45) is 0 Å². The van der Waals surface area contributed by atoms with Crippen LogP contribution in [0.15, 0.2) is 35.6 Å². The smallest absolute Gasteiger partial charge is 0.256 e. The molecule has 1 saturated carbocycles. The van der Waals surface area contributed by atoms with Crippen molar-refractivity contribution in [1.29, 1.82) is 0 Å². The molecule has 1 aliphatic heterocycles. The molecule has 2 aromatic rings. The van der Waals surface area contributed by atoms with E-state index in [0.29, 0.717) is 32.3 Å². The van der Waals surface area contributed by atoms with E-state index in [-0.39, 0.29) is 39.9 Å². The van der Waals surface area contributed by atoms with Gasteiger partial charge >= 0.3 is 0 Å². The predicted molar refractivity (Wildman–Crippen MR) is 145 cm³/mol. The van der Waals surface area contributed by atoms with Crippen LogP contribution in [0.4, 0.5) is 4.39 Å². The minimum Gasteiger partial charge on any atom is -0.494 e. The summed E-state index contributed by atoms with van der Waals surface area (Å²) in [4.78, 5) is 38.7. The number of methoxy groups -OCH3 is 1. The van der Waals surface area contributed by atoms with Gasteiger partial charge in [-0.2, -0.15) is 0 Å². The molecule has 1 aliphatic carbocycles. The van der Waals surface area contributed by atoms with Gasteiger partial charge in [-0.15, -0.1) is 6.58 Å².